The molecule has 0 spiro atoms. The van der Waals surface area contributed by atoms with E-state index in [0.717, 1.165) is 26.1 Å². The topological polar surface area (TPSA) is 18.5 Å². The molecule has 0 fully saturated rings. The zero-order valence-electron chi connectivity index (χ0n) is 17.8. The van der Waals surface area contributed by atoms with Crippen LogP contribution in [-0.4, -0.2) is 25.4 Å². The van der Waals surface area contributed by atoms with E-state index >= 15 is 0 Å². The van der Waals surface area contributed by atoms with Crippen molar-refractivity contribution in [1.82, 2.24) is 0 Å². The minimum absolute atomic E-state index is 0.281. The van der Waals surface area contributed by atoms with Crippen LogP contribution in [0.2, 0.25) is 0 Å². The Morgan fingerprint density at radius 1 is 0.654 bits per heavy atom. The Labute approximate surface area is 162 Å². The van der Waals surface area contributed by atoms with Gasteiger partial charge in [-0.1, -0.05) is 76.6 Å². The van der Waals surface area contributed by atoms with E-state index in [1.165, 1.54) is 62.5 Å². The lowest BCUT2D eigenvalue weighted by molar-refractivity contribution is 0.0598. The normalized spacial score (nSPS) is 13.7. The van der Waals surface area contributed by atoms with Gasteiger partial charge in [0, 0.05) is 13.2 Å². The van der Waals surface area contributed by atoms with E-state index in [2.05, 4.69) is 52.0 Å². The van der Waals surface area contributed by atoms with Crippen LogP contribution in [0.4, 0.5) is 0 Å². The third kappa shape index (κ3) is 11.0. The van der Waals surface area contributed by atoms with Gasteiger partial charge < -0.3 is 9.47 Å². The lowest BCUT2D eigenvalue weighted by Gasteiger charge is -2.18. The summed E-state index contributed by atoms with van der Waals surface area (Å²) in [6, 6.07) is 8.78. The average Bonchev–Trinajstić information content (AvgIpc) is 2.63. The first kappa shape index (κ1) is 23.2. The molecule has 0 N–H and O–H groups in total. The third-order valence-electron chi connectivity index (χ3n) is 4.93. The molecule has 0 bridgehead atoms. The summed E-state index contributed by atoms with van der Waals surface area (Å²) in [5.41, 5.74) is 2.82. The van der Waals surface area contributed by atoms with Crippen LogP contribution in [0.15, 0.2) is 24.3 Å². The highest BCUT2D eigenvalue weighted by Gasteiger charge is 2.11. The molecule has 0 aliphatic heterocycles. The molecule has 26 heavy (non-hydrogen) atoms. The highest BCUT2D eigenvalue weighted by atomic mass is 16.5. The van der Waals surface area contributed by atoms with Crippen LogP contribution >= 0.6 is 0 Å². The number of unbranched alkanes of at least 4 members (excludes halogenated alkanes) is 6. The summed E-state index contributed by atoms with van der Waals surface area (Å²) in [5, 5.41) is 0. The van der Waals surface area contributed by atoms with Gasteiger partial charge in [0.05, 0.1) is 12.2 Å². The van der Waals surface area contributed by atoms with Gasteiger partial charge in [-0.2, -0.15) is 0 Å². The van der Waals surface area contributed by atoms with Gasteiger partial charge in [-0.3, -0.25) is 0 Å². The molecule has 0 amide bonds. The van der Waals surface area contributed by atoms with Gasteiger partial charge in [0.1, 0.15) is 0 Å². The summed E-state index contributed by atoms with van der Waals surface area (Å²) in [7, 11) is 0. The van der Waals surface area contributed by atoms with Gasteiger partial charge >= 0.3 is 0 Å². The summed E-state index contributed by atoms with van der Waals surface area (Å²) in [4.78, 5) is 0. The van der Waals surface area contributed by atoms with Gasteiger partial charge in [0.25, 0.3) is 0 Å². The number of benzene rings is 1. The molecule has 0 aliphatic carbocycles. The van der Waals surface area contributed by atoms with Gasteiger partial charge in [0.15, 0.2) is 0 Å². The molecule has 1 rings (SSSR count). The second-order valence-electron chi connectivity index (χ2n) is 7.66. The fourth-order valence-electron chi connectivity index (χ4n) is 3.32. The minimum Gasteiger partial charge on any atom is -0.378 e. The highest BCUT2D eigenvalue weighted by Crippen LogP contribution is 2.16. The Bertz CT molecular complexity index is 403. The maximum atomic E-state index is 6.02. The Morgan fingerprint density at radius 3 is 1.46 bits per heavy atom. The second-order valence-corrected chi connectivity index (χ2v) is 7.66. The van der Waals surface area contributed by atoms with E-state index in [1.807, 2.05) is 0 Å². The molecular weight excluding hydrogens is 320 g/mol. The van der Waals surface area contributed by atoms with Crippen molar-refractivity contribution in [2.75, 3.05) is 13.2 Å². The van der Waals surface area contributed by atoms with E-state index in [4.69, 9.17) is 9.47 Å². The number of hydrogen-bond acceptors (Lipinski definition) is 2. The lowest BCUT2D eigenvalue weighted by Crippen LogP contribution is -2.17. The van der Waals surface area contributed by atoms with Gasteiger partial charge in [-0.25, -0.2) is 0 Å². The van der Waals surface area contributed by atoms with E-state index in [9.17, 15) is 0 Å². The summed E-state index contributed by atoms with van der Waals surface area (Å²) >= 11 is 0. The fourth-order valence-corrected chi connectivity index (χ4v) is 3.32. The Hall–Kier alpha value is -0.860. The standard InChI is InChI=1S/C24H42O2/c1-5-7-9-13-17-25-21(3)19-23-15-11-12-16-24(23)20-22(4)26-18-14-10-8-6-2/h11-12,15-16,21-22H,5-10,13-14,17-20H2,1-4H3. The molecule has 0 heterocycles. The number of hydrogen-bond donors (Lipinski definition) is 0. The zero-order valence-corrected chi connectivity index (χ0v) is 17.8. The van der Waals surface area contributed by atoms with E-state index in [1.54, 1.807) is 0 Å². The Kier molecular flexibility index (Phi) is 13.6. The van der Waals surface area contributed by atoms with Crippen molar-refractivity contribution in [2.24, 2.45) is 0 Å². The van der Waals surface area contributed by atoms with Crippen molar-refractivity contribution in [3.63, 3.8) is 0 Å². The molecule has 0 aromatic heterocycles. The van der Waals surface area contributed by atoms with E-state index in [-0.39, 0.29) is 12.2 Å². The molecule has 150 valence electrons. The van der Waals surface area contributed by atoms with Crippen molar-refractivity contribution < 1.29 is 9.47 Å². The minimum atomic E-state index is 0.281. The second kappa shape index (κ2) is 15.2. The van der Waals surface area contributed by atoms with Crippen LogP contribution in [0.1, 0.15) is 90.2 Å². The molecule has 2 unspecified atom stereocenters. The summed E-state index contributed by atoms with van der Waals surface area (Å²) in [6.45, 7) is 10.7. The predicted molar refractivity (Wildman–Crippen MR) is 113 cm³/mol. The monoisotopic (exact) mass is 362 g/mol. The van der Waals surface area contributed by atoms with Crippen LogP contribution in [-0.2, 0) is 22.3 Å². The molecule has 2 atom stereocenters. The van der Waals surface area contributed by atoms with Crippen LogP contribution < -0.4 is 0 Å². The van der Waals surface area contributed by atoms with Crippen molar-refractivity contribution in [1.29, 1.82) is 0 Å². The first-order valence-electron chi connectivity index (χ1n) is 11.0. The first-order valence-corrected chi connectivity index (χ1v) is 11.0. The lowest BCUT2D eigenvalue weighted by atomic mass is 9.98. The SMILES string of the molecule is CCCCCCOC(C)Cc1ccccc1CC(C)OCCCCCC. The van der Waals surface area contributed by atoms with Crippen LogP contribution in [0, 0.1) is 0 Å². The Morgan fingerprint density at radius 2 is 1.08 bits per heavy atom. The summed E-state index contributed by atoms with van der Waals surface area (Å²) in [6.07, 6.45) is 12.7. The van der Waals surface area contributed by atoms with Crippen molar-refractivity contribution in [3.8, 4) is 0 Å². The van der Waals surface area contributed by atoms with Gasteiger partial charge in [0.2, 0.25) is 0 Å². The predicted octanol–water partition coefficient (Wildman–Crippen LogP) is 6.74. The molecule has 1 aromatic carbocycles. The molecule has 2 heteroatoms. The van der Waals surface area contributed by atoms with Crippen LogP contribution in [0.25, 0.3) is 0 Å². The maximum absolute atomic E-state index is 6.02. The largest absolute Gasteiger partial charge is 0.378 e. The molecule has 0 aliphatic rings. The fraction of sp³-hybridized carbons (Fsp3) is 0.750. The van der Waals surface area contributed by atoms with Crippen LogP contribution in [0.5, 0.6) is 0 Å². The van der Waals surface area contributed by atoms with Crippen molar-refractivity contribution >= 4 is 0 Å². The Balaban J connectivity index is 2.36. The average molecular weight is 363 g/mol. The molecule has 0 saturated carbocycles. The first-order chi connectivity index (χ1) is 12.7. The van der Waals surface area contributed by atoms with Crippen LogP contribution in [0.3, 0.4) is 0 Å². The molecule has 0 radical (unpaired) electrons. The highest BCUT2D eigenvalue weighted by molar-refractivity contribution is 5.28. The summed E-state index contributed by atoms with van der Waals surface area (Å²) in [5.74, 6) is 0. The molecular formula is C24H42O2. The molecule has 0 saturated heterocycles. The quantitative estimate of drug-likeness (QED) is 0.303. The number of ether oxygens (including phenoxy) is 2. The zero-order chi connectivity index (χ0) is 19.0. The molecule has 2 nitrogen and oxygen atoms in total. The van der Waals surface area contributed by atoms with Crippen molar-refractivity contribution in [2.45, 2.75) is 104 Å². The summed E-state index contributed by atoms with van der Waals surface area (Å²) < 4.78 is 12.0. The van der Waals surface area contributed by atoms with Crippen molar-refractivity contribution in [3.05, 3.63) is 35.4 Å². The third-order valence-corrected chi connectivity index (χ3v) is 4.93. The molecule has 1 aromatic rings. The van der Waals surface area contributed by atoms with Gasteiger partial charge in [-0.15, -0.1) is 0 Å². The van der Waals surface area contributed by atoms with E-state index in [0.29, 0.717) is 0 Å². The smallest absolute Gasteiger partial charge is 0.0587 e. The van der Waals surface area contributed by atoms with Gasteiger partial charge in [-0.05, 0) is 50.7 Å². The van der Waals surface area contributed by atoms with E-state index < -0.39 is 0 Å². The maximum Gasteiger partial charge on any atom is 0.0587 e. The number of rotatable bonds is 16.